The fraction of sp³-hybridized carbons (Fsp3) is 0.286. The van der Waals surface area contributed by atoms with Gasteiger partial charge in [0.1, 0.15) is 5.82 Å². The summed E-state index contributed by atoms with van der Waals surface area (Å²) < 4.78 is 0. The van der Waals surface area contributed by atoms with Crippen LogP contribution in [0, 0.1) is 0 Å². The molecule has 0 unspecified atom stereocenters. The van der Waals surface area contributed by atoms with Crippen molar-refractivity contribution in [3.8, 4) is 0 Å². The lowest BCUT2D eigenvalue weighted by Gasteiger charge is -2.19. The topological polar surface area (TPSA) is 41.1 Å². The van der Waals surface area contributed by atoms with Crippen LogP contribution in [0.25, 0.3) is 0 Å². The van der Waals surface area contributed by atoms with Crippen molar-refractivity contribution in [3.05, 3.63) is 52.9 Å². The summed E-state index contributed by atoms with van der Waals surface area (Å²) in [7, 11) is 3.86. The molecule has 0 aliphatic carbocycles. The first kappa shape index (κ1) is 13.8. The Bertz CT molecular complexity index is 530. The van der Waals surface area contributed by atoms with E-state index in [0.29, 0.717) is 11.6 Å². The molecular weight excluding hydrogens is 260 g/mol. The van der Waals surface area contributed by atoms with Crippen molar-refractivity contribution >= 4 is 17.4 Å². The van der Waals surface area contributed by atoms with Crippen LogP contribution in [0.3, 0.4) is 0 Å². The van der Waals surface area contributed by atoms with Crippen LogP contribution in [0.4, 0.5) is 5.82 Å². The Labute approximate surface area is 118 Å². The summed E-state index contributed by atoms with van der Waals surface area (Å²) in [5.74, 6) is 0.771. The molecule has 0 aliphatic rings. The van der Waals surface area contributed by atoms with Crippen molar-refractivity contribution in [1.29, 1.82) is 0 Å². The van der Waals surface area contributed by atoms with E-state index in [4.69, 9.17) is 11.6 Å². The Hall–Kier alpha value is -1.65. The van der Waals surface area contributed by atoms with Gasteiger partial charge in [0.25, 0.3) is 0 Å². The van der Waals surface area contributed by atoms with Crippen LogP contribution < -0.4 is 10.2 Å². The number of hydrogen-bond acceptors (Lipinski definition) is 4. The van der Waals surface area contributed by atoms with E-state index in [0.717, 1.165) is 23.6 Å². The van der Waals surface area contributed by atoms with Crippen molar-refractivity contribution in [1.82, 2.24) is 15.3 Å². The molecule has 0 bridgehead atoms. The van der Waals surface area contributed by atoms with Crippen molar-refractivity contribution in [2.45, 2.75) is 13.1 Å². The first-order valence-electron chi connectivity index (χ1n) is 6.11. The number of aromatic nitrogens is 2. The van der Waals surface area contributed by atoms with Crippen LogP contribution in [0.1, 0.15) is 11.3 Å². The summed E-state index contributed by atoms with van der Waals surface area (Å²) in [6.07, 6.45) is 3.63. The molecule has 0 atom stereocenters. The van der Waals surface area contributed by atoms with Crippen molar-refractivity contribution < 1.29 is 0 Å². The van der Waals surface area contributed by atoms with Gasteiger partial charge in [-0.15, -0.1) is 0 Å². The molecule has 2 rings (SSSR count). The predicted molar refractivity (Wildman–Crippen MR) is 78.4 cm³/mol. The highest BCUT2D eigenvalue weighted by Crippen LogP contribution is 2.24. The maximum absolute atomic E-state index is 6.27. The van der Waals surface area contributed by atoms with E-state index >= 15 is 0 Å². The minimum atomic E-state index is 0.659. The minimum absolute atomic E-state index is 0.659. The zero-order valence-corrected chi connectivity index (χ0v) is 11.9. The van der Waals surface area contributed by atoms with Gasteiger partial charge in [-0.1, -0.05) is 17.7 Å². The molecule has 4 nitrogen and oxygen atoms in total. The van der Waals surface area contributed by atoms with Crippen LogP contribution >= 0.6 is 11.6 Å². The molecule has 100 valence electrons. The number of hydrogen-bond donors (Lipinski definition) is 1. The summed E-state index contributed by atoms with van der Waals surface area (Å²) in [4.78, 5) is 10.7. The molecule has 0 saturated carbocycles. The van der Waals surface area contributed by atoms with E-state index in [2.05, 4.69) is 15.3 Å². The molecule has 19 heavy (non-hydrogen) atoms. The largest absolute Gasteiger partial charge is 0.353 e. The monoisotopic (exact) mass is 276 g/mol. The van der Waals surface area contributed by atoms with E-state index in [1.54, 1.807) is 6.20 Å². The van der Waals surface area contributed by atoms with Crippen LogP contribution in [0.2, 0.25) is 5.02 Å². The van der Waals surface area contributed by atoms with Gasteiger partial charge in [-0.05, 0) is 30.8 Å². The lowest BCUT2D eigenvalue weighted by molar-refractivity contribution is 0.808. The van der Waals surface area contributed by atoms with Crippen LogP contribution in [-0.2, 0) is 13.1 Å². The Morgan fingerprint density at radius 1 is 1.32 bits per heavy atom. The van der Waals surface area contributed by atoms with Gasteiger partial charge < -0.3 is 10.2 Å². The SMILES string of the molecule is CNCc1cnc(N(C)Cc2ccccn2)c(Cl)c1. The molecule has 2 aromatic rings. The number of pyridine rings is 2. The molecule has 0 spiro atoms. The van der Waals surface area contributed by atoms with E-state index < -0.39 is 0 Å². The fourth-order valence-electron chi connectivity index (χ4n) is 1.86. The second-order valence-electron chi connectivity index (χ2n) is 4.36. The molecule has 0 amide bonds. The summed E-state index contributed by atoms with van der Waals surface area (Å²) in [5.41, 5.74) is 2.06. The number of anilines is 1. The van der Waals surface area contributed by atoms with Gasteiger partial charge in [0.15, 0.2) is 0 Å². The average Bonchev–Trinajstić information content (AvgIpc) is 2.40. The molecule has 0 aromatic carbocycles. The molecular formula is C14H17ClN4. The quantitative estimate of drug-likeness (QED) is 0.911. The summed E-state index contributed by atoms with van der Waals surface area (Å²) in [6.45, 7) is 1.44. The first-order chi connectivity index (χ1) is 9.20. The maximum atomic E-state index is 6.27. The smallest absolute Gasteiger partial charge is 0.147 e. The third-order valence-corrected chi connectivity index (χ3v) is 3.02. The van der Waals surface area contributed by atoms with Gasteiger partial charge in [-0.25, -0.2) is 4.98 Å². The van der Waals surface area contributed by atoms with Gasteiger partial charge in [0, 0.05) is 26.0 Å². The lowest BCUT2D eigenvalue weighted by Crippen LogP contribution is -2.19. The summed E-state index contributed by atoms with van der Waals surface area (Å²) in [6, 6.07) is 7.80. The summed E-state index contributed by atoms with van der Waals surface area (Å²) >= 11 is 6.27. The Morgan fingerprint density at radius 3 is 2.79 bits per heavy atom. The highest BCUT2D eigenvalue weighted by Gasteiger charge is 2.09. The minimum Gasteiger partial charge on any atom is -0.353 e. The van der Waals surface area contributed by atoms with E-state index in [-0.39, 0.29) is 0 Å². The zero-order valence-electron chi connectivity index (χ0n) is 11.1. The summed E-state index contributed by atoms with van der Waals surface area (Å²) in [5, 5.41) is 3.74. The van der Waals surface area contributed by atoms with Gasteiger partial charge in [0.2, 0.25) is 0 Å². The normalized spacial score (nSPS) is 10.5. The number of halogens is 1. The molecule has 0 aliphatic heterocycles. The second kappa shape index (κ2) is 6.50. The van der Waals surface area contributed by atoms with Crippen molar-refractivity contribution in [2.24, 2.45) is 0 Å². The third-order valence-electron chi connectivity index (χ3n) is 2.75. The van der Waals surface area contributed by atoms with Gasteiger partial charge in [-0.3, -0.25) is 4.98 Å². The highest BCUT2D eigenvalue weighted by molar-refractivity contribution is 6.33. The molecule has 5 heteroatoms. The standard InChI is InChI=1S/C14H17ClN4/c1-16-8-11-7-13(15)14(18-9-11)19(2)10-12-5-3-4-6-17-12/h3-7,9,16H,8,10H2,1-2H3. The Balaban J connectivity index is 2.13. The highest BCUT2D eigenvalue weighted by atomic mass is 35.5. The number of nitrogens with zero attached hydrogens (tertiary/aromatic N) is 3. The predicted octanol–water partition coefficient (Wildman–Crippen LogP) is 2.49. The Morgan fingerprint density at radius 2 is 2.16 bits per heavy atom. The van der Waals surface area contributed by atoms with Crippen LogP contribution in [0.15, 0.2) is 36.7 Å². The lowest BCUT2D eigenvalue weighted by atomic mass is 10.2. The average molecular weight is 277 g/mol. The number of rotatable bonds is 5. The van der Waals surface area contributed by atoms with Gasteiger partial charge >= 0.3 is 0 Å². The maximum Gasteiger partial charge on any atom is 0.147 e. The van der Waals surface area contributed by atoms with Gasteiger partial charge in [-0.2, -0.15) is 0 Å². The van der Waals surface area contributed by atoms with E-state index in [9.17, 15) is 0 Å². The van der Waals surface area contributed by atoms with E-state index in [1.165, 1.54) is 0 Å². The Kier molecular flexibility index (Phi) is 4.71. The molecule has 0 saturated heterocycles. The van der Waals surface area contributed by atoms with Crippen molar-refractivity contribution in [2.75, 3.05) is 19.0 Å². The molecule has 1 N–H and O–H groups in total. The van der Waals surface area contributed by atoms with Gasteiger partial charge in [0.05, 0.1) is 17.3 Å². The van der Waals surface area contributed by atoms with Crippen molar-refractivity contribution in [3.63, 3.8) is 0 Å². The number of nitrogens with one attached hydrogen (secondary N) is 1. The second-order valence-corrected chi connectivity index (χ2v) is 4.76. The molecule has 2 aromatic heterocycles. The molecule has 2 heterocycles. The van der Waals surface area contributed by atoms with E-state index in [1.807, 2.05) is 49.5 Å². The third kappa shape index (κ3) is 3.66. The molecule has 0 fully saturated rings. The molecule has 0 radical (unpaired) electrons. The first-order valence-corrected chi connectivity index (χ1v) is 6.48. The van der Waals surface area contributed by atoms with Crippen LogP contribution in [0.5, 0.6) is 0 Å². The fourth-order valence-corrected chi connectivity index (χ4v) is 2.19. The zero-order chi connectivity index (χ0) is 13.7. The van der Waals surface area contributed by atoms with Crippen LogP contribution in [-0.4, -0.2) is 24.1 Å².